The molecule has 0 aliphatic carbocycles. The Morgan fingerprint density at radius 3 is 2.47 bits per heavy atom. The van der Waals surface area contributed by atoms with Gasteiger partial charge in [0.05, 0.1) is 28.4 Å². The van der Waals surface area contributed by atoms with Crippen LogP contribution >= 0.6 is 11.6 Å². The number of rotatable bonds is 5. The Morgan fingerprint density at radius 2 is 1.94 bits per heavy atom. The number of ether oxygens (including phenoxy) is 2. The van der Waals surface area contributed by atoms with Gasteiger partial charge in [0.2, 0.25) is 0 Å². The highest BCUT2D eigenvalue weighted by molar-refractivity contribution is 6.34. The van der Waals surface area contributed by atoms with Gasteiger partial charge < -0.3 is 20.1 Å². The number of carbonyl (C=O) groups is 2. The highest BCUT2D eigenvalue weighted by Crippen LogP contribution is 2.40. The number of carbonyl (C=O) groups excluding carboxylic acids is 2. The van der Waals surface area contributed by atoms with Crippen LogP contribution in [-0.2, 0) is 22.2 Å². The molecule has 1 aromatic rings. The van der Waals surface area contributed by atoms with Gasteiger partial charge in [-0.15, -0.1) is 0 Å². The molecular formula is C21H29ClF3N3O4. The van der Waals surface area contributed by atoms with E-state index in [4.69, 9.17) is 26.8 Å². The van der Waals surface area contributed by atoms with Crippen LogP contribution in [0.1, 0.15) is 55.6 Å². The van der Waals surface area contributed by atoms with Crippen molar-refractivity contribution in [3.8, 4) is 0 Å². The number of benzene rings is 1. The fraction of sp³-hybridized carbons (Fsp3) is 0.619. The second-order valence-corrected chi connectivity index (χ2v) is 9.04. The van der Waals surface area contributed by atoms with Crippen molar-refractivity contribution in [2.45, 2.75) is 58.5 Å². The molecule has 0 saturated carbocycles. The third kappa shape index (κ3) is 6.19. The van der Waals surface area contributed by atoms with Gasteiger partial charge in [0.25, 0.3) is 0 Å². The highest BCUT2D eigenvalue weighted by atomic mass is 35.5. The number of alkyl halides is 3. The maximum absolute atomic E-state index is 13.8. The van der Waals surface area contributed by atoms with E-state index in [0.29, 0.717) is 25.6 Å². The zero-order valence-electron chi connectivity index (χ0n) is 18.8. The minimum Gasteiger partial charge on any atom is -0.462 e. The topological polar surface area (TPSA) is 85.1 Å². The summed E-state index contributed by atoms with van der Waals surface area (Å²) in [6.45, 7) is 7.43. The van der Waals surface area contributed by atoms with Gasteiger partial charge in [-0.25, -0.2) is 9.59 Å². The van der Waals surface area contributed by atoms with Crippen LogP contribution in [0.15, 0.2) is 6.07 Å². The smallest absolute Gasteiger partial charge is 0.416 e. The molecule has 2 N–H and O–H groups in total. The summed E-state index contributed by atoms with van der Waals surface area (Å²) in [5.74, 6) is -0.968. The Morgan fingerprint density at radius 1 is 1.31 bits per heavy atom. The Bertz CT molecular complexity index is 871. The monoisotopic (exact) mass is 479 g/mol. The Kier molecular flexibility index (Phi) is 7.93. The highest BCUT2D eigenvalue weighted by Gasteiger charge is 2.38. The van der Waals surface area contributed by atoms with E-state index < -0.39 is 35.0 Å². The number of nitrogens with two attached hydrogens (primary N) is 1. The first-order valence-electron chi connectivity index (χ1n) is 10.2. The van der Waals surface area contributed by atoms with Gasteiger partial charge in [-0.3, -0.25) is 4.90 Å². The van der Waals surface area contributed by atoms with Crippen LogP contribution in [0.25, 0.3) is 0 Å². The molecule has 7 nitrogen and oxygen atoms in total. The Balaban J connectivity index is 2.27. The lowest BCUT2D eigenvalue weighted by Crippen LogP contribution is -2.42. The minimum atomic E-state index is -4.75. The number of likely N-dealkylation sites (N-methyl/N-ethyl adjacent to an activating group) is 1. The number of hydrogen-bond acceptors (Lipinski definition) is 6. The Hall–Kier alpha value is -2.20. The summed E-state index contributed by atoms with van der Waals surface area (Å²) in [4.78, 5) is 27.6. The van der Waals surface area contributed by atoms with Crippen molar-refractivity contribution < 1.29 is 32.2 Å². The van der Waals surface area contributed by atoms with E-state index in [2.05, 4.69) is 0 Å². The molecule has 0 bridgehead atoms. The van der Waals surface area contributed by atoms with Crippen molar-refractivity contribution in [1.82, 2.24) is 9.80 Å². The van der Waals surface area contributed by atoms with Gasteiger partial charge in [-0.05, 0) is 45.7 Å². The molecule has 0 aromatic heterocycles. The van der Waals surface area contributed by atoms with Crippen LogP contribution in [-0.4, -0.2) is 60.2 Å². The molecule has 11 heteroatoms. The summed E-state index contributed by atoms with van der Waals surface area (Å²) in [7, 11) is 1.60. The number of halogens is 4. The first-order chi connectivity index (χ1) is 14.7. The molecule has 1 aromatic carbocycles. The molecule has 0 spiro atoms. The molecule has 1 saturated heterocycles. The van der Waals surface area contributed by atoms with E-state index in [9.17, 15) is 22.8 Å². The van der Waals surface area contributed by atoms with Crippen molar-refractivity contribution >= 4 is 29.4 Å². The summed E-state index contributed by atoms with van der Waals surface area (Å²) in [5.41, 5.74) is 3.30. The van der Waals surface area contributed by atoms with Crippen LogP contribution in [0.5, 0.6) is 0 Å². The van der Waals surface area contributed by atoms with Crippen LogP contribution in [0, 0.1) is 0 Å². The van der Waals surface area contributed by atoms with Crippen LogP contribution in [0.3, 0.4) is 0 Å². The molecule has 0 unspecified atom stereocenters. The molecule has 1 heterocycles. The molecular weight excluding hydrogens is 451 g/mol. The van der Waals surface area contributed by atoms with E-state index in [1.165, 1.54) is 11.8 Å². The van der Waals surface area contributed by atoms with Crippen LogP contribution in [0.2, 0.25) is 5.02 Å². The van der Waals surface area contributed by atoms with Crippen molar-refractivity contribution in [3.63, 3.8) is 0 Å². The quantitative estimate of drug-likeness (QED) is 0.492. The number of anilines is 1. The average molecular weight is 480 g/mol. The fourth-order valence-corrected chi connectivity index (χ4v) is 3.74. The lowest BCUT2D eigenvalue weighted by Gasteiger charge is -2.29. The number of amides is 1. The second-order valence-electron chi connectivity index (χ2n) is 8.66. The second kappa shape index (κ2) is 9.74. The normalized spacial score (nSPS) is 17.3. The van der Waals surface area contributed by atoms with E-state index in [1.807, 2.05) is 0 Å². The third-order valence-electron chi connectivity index (χ3n) is 5.06. The number of nitrogen functional groups attached to an aromatic ring is 1. The standard InChI is InChI=1S/C21H29ClF3N3O4/c1-6-31-18(29)13-9-15(21(23,24)25)14(16(22)17(13)26)11-28-8-7-12(10-28)27(5)19(30)32-20(2,3)4/h9,12H,6-8,10-11,26H2,1-5H3/t12-/m1/s1. The first kappa shape index (κ1) is 26.1. The largest absolute Gasteiger partial charge is 0.462 e. The summed E-state index contributed by atoms with van der Waals surface area (Å²) in [6.07, 6.45) is -4.69. The SMILES string of the molecule is CCOC(=O)c1cc(C(F)(F)F)c(CN2CC[C@@H](N(C)C(=O)OC(C)(C)C)C2)c(Cl)c1N. The lowest BCUT2D eigenvalue weighted by atomic mass is 10.0. The molecule has 1 atom stereocenters. The summed E-state index contributed by atoms with van der Waals surface area (Å²) in [6, 6.07) is 0.462. The van der Waals surface area contributed by atoms with E-state index in [1.54, 1.807) is 32.7 Å². The van der Waals surface area contributed by atoms with Crippen LogP contribution < -0.4 is 5.73 Å². The summed E-state index contributed by atoms with van der Waals surface area (Å²) < 4.78 is 51.5. The van der Waals surface area contributed by atoms with Gasteiger partial charge >= 0.3 is 18.2 Å². The minimum absolute atomic E-state index is 0.0146. The van der Waals surface area contributed by atoms with E-state index >= 15 is 0 Å². The third-order valence-corrected chi connectivity index (χ3v) is 5.50. The summed E-state index contributed by atoms with van der Waals surface area (Å²) in [5, 5.41) is -0.327. The molecule has 1 aliphatic heterocycles. The van der Waals surface area contributed by atoms with Crippen molar-refractivity contribution in [3.05, 3.63) is 27.8 Å². The van der Waals surface area contributed by atoms with Crippen molar-refractivity contribution in [2.75, 3.05) is 32.5 Å². The van der Waals surface area contributed by atoms with E-state index in [-0.39, 0.29) is 35.5 Å². The number of hydrogen-bond donors (Lipinski definition) is 1. The maximum atomic E-state index is 13.8. The molecule has 32 heavy (non-hydrogen) atoms. The van der Waals surface area contributed by atoms with Gasteiger partial charge in [0, 0.05) is 32.7 Å². The van der Waals surface area contributed by atoms with E-state index in [0.717, 1.165) is 0 Å². The van der Waals surface area contributed by atoms with Gasteiger partial charge in [-0.2, -0.15) is 13.2 Å². The summed E-state index contributed by atoms with van der Waals surface area (Å²) >= 11 is 6.21. The predicted molar refractivity (Wildman–Crippen MR) is 115 cm³/mol. The molecule has 1 fully saturated rings. The van der Waals surface area contributed by atoms with Gasteiger partial charge in [0.1, 0.15) is 5.60 Å². The van der Waals surface area contributed by atoms with Gasteiger partial charge in [-0.1, -0.05) is 11.6 Å². The molecule has 0 radical (unpaired) electrons. The zero-order valence-corrected chi connectivity index (χ0v) is 19.6. The molecule has 1 aliphatic rings. The number of nitrogens with zero attached hydrogens (tertiary/aromatic N) is 2. The van der Waals surface area contributed by atoms with Crippen molar-refractivity contribution in [1.29, 1.82) is 0 Å². The lowest BCUT2D eigenvalue weighted by molar-refractivity contribution is -0.138. The predicted octanol–water partition coefficient (Wildman–Crippen LogP) is 4.56. The van der Waals surface area contributed by atoms with Crippen molar-refractivity contribution in [2.24, 2.45) is 0 Å². The van der Waals surface area contributed by atoms with Crippen LogP contribution in [0.4, 0.5) is 23.7 Å². The maximum Gasteiger partial charge on any atom is 0.416 e. The number of esters is 1. The molecule has 2 rings (SSSR count). The van der Waals surface area contributed by atoms with Gasteiger partial charge in [0.15, 0.2) is 0 Å². The molecule has 1 amide bonds. The molecule has 180 valence electrons. The number of likely N-dealkylation sites (tertiary alicyclic amines) is 1. The fourth-order valence-electron chi connectivity index (χ4n) is 3.47. The average Bonchev–Trinajstić information content (AvgIpc) is 3.11. The first-order valence-corrected chi connectivity index (χ1v) is 10.6. The zero-order chi connectivity index (χ0) is 24.4. The Labute approximate surface area is 190 Å².